The average Bonchev–Trinajstić information content (AvgIpc) is 3.56. The number of hydrogen-bond acceptors (Lipinski definition) is 5. The Balaban J connectivity index is 3.87. The molecule has 504 valence electrons. The first-order valence-electron chi connectivity index (χ1n) is 38.4. The van der Waals surface area contributed by atoms with Crippen LogP contribution in [0.15, 0.2) is 0 Å². The number of phosphoric ester groups is 1. The van der Waals surface area contributed by atoms with Crippen molar-refractivity contribution in [2.75, 3.05) is 40.9 Å². The lowest BCUT2D eigenvalue weighted by molar-refractivity contribution is -0.870. The molecule has 8 nitrogen and oxygen atoms in total. The van der Waals surface area contributed by atoms with Gasteiger partial charge >= 0.3 is 7.82 Å². The number of carbonyl (C=O) groups excluding carboxylic acids is 1. The van der Waals surface area contributed by atoms with Crippen molar-refractivity contribution in [3.8, 4) is 0 Å². The highest BCUT2D eigenvalue weighted by atomic mass is 31.2. The third kappa shape index (κ3) is 69.0. The van der Waals surface area contributed by atoms with Gasteiger partial charge in [-0.25, -0.2) is 4.57 Å². The second kappa shape index (κ2) is 66.9. The molecule has 0 aromatic carbocycles. The number of nitrogens with zero attached hydrogens (tertiary/aromatic N) is 1. The van der Waals surface area contributed by atoms with E-state index in [0.29, 0.717) is 23.9 Å². The van der Waals surface area contributed by atoms with E-state index < -0.39 is 20.0 Å². The summed E-state index contributed by atoms with van der Waals surface area (Å²) in [5.41, 5.74) is 0. The maximum atomic E-state index is 13.1. The first kappa shape index (κ1) is 83.5. The van der Waals surface area contributed by atoms with Crippen LogP contribution in [0.4, 0.5) is 0 Å². The molecule has 0 aromatic heterocycles. The van der Waals surface area contributed by atoms with Crippen LogP contribution in [0.5, 0.6) is 0 Å². The maximum absolute atomic E-state index is 13.1. The molecule has 0 radical (unpaired) electrons. The van der Waals surface area contributed by atoms with Gasteiger partial charge in [-0.1, -0.05) is 406 Å². The zero-order valence-electron chi connectivity index (χ0n) is 58.0. The fourth-order valence-corrected chi connectivity index (χ4v) is 13.1. The van der Waals surface area contributed by atoms with Crippen molar-refractivity contribution in [2.24, 2.45) is 0 Å². The van der Waals surface area contributed by atoms with E-state index >= 15 is 0 Å². The number of rotatable bonds is 73. The van der Waals surface area contributed by atoms with E-state index in [1.807, 2.05) is 21.1 Å². The fraction of sp³-hybridized carbons (Fsp3) is 0.987. The lowest BCUT2D eigenvalue weighted by Gasteiger charge is -2.26. The highest BCUT2D eigenvalue weighted by Gasteiger charge is 2.28. The summed E-state index contributed by atoms with van der Waals surface area (Å²) in [6.07, 6.45) is 85.3. The van der Waals surface area contributed by atoms with Gasteiger partial charge in [-0.15, -0.1) is 0 Å². The molecule has 0 heterocycles. The van der Waals surface area contributed by atoms with Crippen molar-refractivity contribution in [1.29, 1.82) is 0 Å². The van der Waals surface area contributed by atoms with Crippen LogP contribution in [0.1, 0.15) is 425 Å². The van der Waals surface area contributed by atoms with Crippen molar-refractivity contribution in [2.45, 2.75) is 437 Å². The summed E-state index contributed by atoms with van der Waals surface area (Å²) in [6.45, 7) is 4.97. The SMILES string of the molecule is CCCCCCCCCCCCCCCCCCCCCCCCCCCCCCCCCCCCCCCCC(=O)NC(COP(=O)(O)OCC[N+](C)(C)C)C(O)CCCCCCCCCCCCCCCCCCCCCCCCCC. The molecule has 0 rings (SSSR count). The zero-order valence-corrected chi connectivity index (χ0v) is 58.8. The molecule has 0 spiro atoms. The first-order valence-corrected chi connectivity index (χ1v) is 39.9. The van der Waals surface area contributed by atoms with Crippen molar-refractivity contribution in [3.05, 3.63) is 0 Å². The summed E-state index contributed by atoms with van der Waals surface area (Å²) in [5.74, 6) is -0.132. The van der Waals surface area contributed by atoms with Gasteiger partial charge in [0.15, 0.2) is 0 Å². The summed E-state index contributed by atoms with van der Waals surface area (Å²) < 4.78 is 23.9. The highest BCUT2D eigenvalue weighted by molar-refractivity contribution is 7.47. The van der Waals surface area contributed by atoms with Gasteiger partial charge < -0.3 is 19.8 Å². The molecule has 0 saturated heterocycles. The lowest BCUT2D eigenvalue weighted by Crippen LogP contribution is -2.46. The number of hydrogen-bond donors (Lipinski definition) is 3. The molecular weight excluding hydrogens is 1060 g/mol. The highest BCUT2D eigenvalue weighted by Crippen LogP contribution is 2.43. The lowest BCUT2D eigenvalue weighted by atomic mass is 10.0. The molecule has 3 unspecified atom stereocenters. The van der Waals surface area contributed by atoms with Crippen LogP contribution in [-0.2, 0) is 18.4 Å². The van der Waals surface area contributed by atoms with E-state index in [4.69, 9.17) is 9.05 Å². The van der Waals surface area contributed by atoms with Crippen molar-refractivity contribution < 1.29 is 32.9 Å². The van der Waals surface area contributed by atoms with Gasteiger partial charge in [0.05, 0.1) is 39.9 Å². The molecule has 0 bridgehead atoms. The van der Waals surface area contributed by atoms with E-state index in [-0.39, 0.29) is 19.1 Å². The van der Waals surface area contributed by atoms with E-state index in [0.717, 1.165) is 38.5 Å². The minimum absolute atomic E-state index is 0.0795. The first-order chi connectivity index (χ1) is 41.0. The molecular formula is C75H154N2O6P+. The van der Waals surface area contributed by atoms with Crippen LogP contribution < -0.4 is 5.32 Å². The van der Waals surface area contributed by atoms with Crippen molar-refractivity contribution >= 4 is 13.7 Å². The number of aliphatic hydroxyl groups is 1. The van der Waals surface area contributed by atoms with Crippen LogP contribution in [0.2, 0.25) is 0 Å². The van der Waals surface area contributed by atoms with Crippen LogP contribution >= 0.6 is 7.82 Å². The number of unbranched alkanes of at least 4 members (excludes halogenated alkanes) is 60. The number of likely N-dealkylation sites (N-methyl/N-ethyl adjacent to an activating group) is 1. The van der Waals surface area contributed by atoms with Gasteiger partial charge in [0.2, 0.25) is 5.91 Å². The molecule has 3 atom stereocenters. The molecule has 0 saturated carbocycles. The molecule has 1 amide bonds. The molecule has 0 aliphatic rings. The molecule has 0 aromatic rings. The van der Waals surface area contributed by atoms with Crippen molar-refractivity contribution in [3.63, 3.8) is 0 Å². The van der Waals surface area contributed by atoms with Gasteiger partial charge in [-0.2, -0.15) is 0 Å². The molecule has 84 heavy (non-hydrogen) atoms. The second-order valence-electron chi connectivity index (χ2n) is 28.1. The Morgan fingerprint density at radius 1 is 0.357 bits per heavy atom. The summed E-state index contributed by atoms with van der Waals surface area (Å²) in [4.78, 5) is 23.5. The molecule has 3 N–H and O–H groups in total. The van der Waals surface area contributed by atoms with Crippen LogP contribution in [0.25, 0.3) is 0 Å². The summed E-state index contributed by atoms with van der Waals surface area (Å²) in [5, 5.41) is 14.2. The Hall–Kier alpha value is -0.500. The third-order valence-corrected chi connectivity index (χ3v) is 19.3. The third-order valence-electron chi connectivity index (χ3n) is 18.4. The van der Waals surface area contributed by atoms with Gasteiger partial charge in [-0.05, 0) is 12.8 Å². The predicted octanol–water partition coefficient (Wildman–Crippen LogP) is 24.7. The standard InChI is InChI=1S/C75H153N2O6P/c1-6-8-10-12-14-16-18-20-22-24-26-28-30-32-33-34-35-36-37-38-39-40-41-42-43-44-45-47-49-51-53-55-57-59-61-63-65-67-69-75(79)76-73(72-83-84(80,81)82-71-70-77(3,4)5)74(78)68-66-64-62-60-58-56-54-52-50-48-46-31-29-27-25-23-21-19-17-15-13-11-9-7-2/h73-74,78H,6-72H2,1-5H3,(H-,76,79,80,81)/p+1. The van der Waals surface area contributed by atoms with Crippen LogP contribution in [-0.4, -0.2) is 73.4 Å². The normalized spacial score (nSPS) is 13.5. The second-order valence-corrected chi connectivity index (χ2v) is 29.6. The van der Waals surface area contributed by atoms with Crippen molar-refractivity contribution in [1.82, 2.24) is 5.32 Å². The quantitative estimate of drug-likeness (QED) is 0.0318. The summed E-state index contributed by atoms with van der Waals surface area (Å²) >= 11 is 0. The Labute approximate surface area is 527 Å². The Kier molecular flexibility index (Phi) is 66.5. The number of carbonyl (C=O) groups is 1. The van der Waals surface area contributed by atoms with Gasteiger partial charge in [0, 0.05) is 6.42 Å². The Bertz CT molecular complexity index is 1330. The van der Waals surface area contributed by atoms with Gasteiger partial charge in [0.25, 0.3) is 0 Å². The maximum Gasteiger partial charge on any atom is 0.472 e. The monoisotopic (exact) mass is 1210 g/mol. The average molecular weight is 1210 g/mol. The van der Waals surface area contributed by atoms with E-state index in [9.17, 15) is 19.4 Å². The summed E-state index contributed by atoms with van der Waals surface area (Å²) in [7, 11) is 1.64. The number of amides is 1. The van der Waals surface area contributed by atoms with Gasteiger partial charge in [0.1, 0.15) is 13.2 Å². The minimum Gasteiger partial charge on any atom is -0.391 e. The number of aliphatic hydroxyl groups excluding tert-OH is 1. The Morgan fingerprint density at radius 2 is 0.571 bits per heavy atom. The number of nitrogens with one attached hydrogen (secondary N) is 1. The van der Waals surface area contributed by atoms with E-state index in [2.05, 4.69) is 19.2 Å². The molecule has 0 fully saturated rings. The number of phosphoric acid groups is 1. The van der Waals surface area contributed by atoms with Gasteiger partial charge in [-0.3, -0.25) is 13.8 Å². The minimum atomic E-state index is -4.33. The van der Waals surface area contributed by atoms with Crippen LogP contribution in [0, 0.1) is 0 Å². The smallest absolute Gasteiger partial charge is 0.391 e. The molecule has 0 aliphatic heterocycles. The fourth-order valence-electron chi connectivity index (χ4n) is 12.4. The summed E-state index contributed by atoms with van der Waals surface area (Å²) in [6, 6.07) is -0.757. The van der Waals surface area contributed by atoms with Crippen LogP contribution in [0.3, 0.4) is 0 Å². The van der Waals surface area contributed by atoms with E-state index in [1.54, 1.807) is 0 Å². The predicted molar refractivity (Wildman–Crippen MR) is 369 cm³/mol. The number of quaternary nitrogens is 1. The molecule has 9 heteroatoms. The van der Waals surface area contributed by atoms with E-state index in [1.165, 1.54) is 360 Å². The topological polar surface area (TPSA) is 105 Å². The Morgan fingerprint density at radius 3 is 0.798 bits per heavy atom. The zero-order chi connectivity index (χ0) is 61.2. The largest absolute Gasteiger partial charge is 0.472 e. The molecule has 0 aliphatic carbocycles.